The second-order valence-corrected chi connectivity index (χ2v) is 5.36. The monoisotopic (exact) mass is 166 g/mol. The van der Waals surface area contributed by atoms with Crippen molar-refractivity contribution in [3.05, 3.63) is 0 Å². The zero-order chi connectivity index (χ0) is 8.29. The van der Waals surface area contributed by atoms with Gasteiger partial charge in [0, 0.05) is 0 Å². The van der Waals surface area contributed by atoms with Crippen LogP contribution in [0, 0.1) is 29.6 Å². The van der Waals surface area contributed by atoms with Gasteiger partial charge >= 0.3 is 0 Å². The average Bonchev–Trinajstić information content (AvgIpc) is 2.78. The van der Waals surface area contributed by atoms with Crippen molar-refractivity contribution in [3.8, 4) is 0 Å². The normalized spacial score (nSPS) is 62.5. The van der Waals surface area contributed by atoms with Crippen LogP contribution in [0.15, 0.2) is 0 Å². The summed E-state index contributed by atoms with van der Waals surface area (Å²) in [5, 5.41) is 9.99. The van der Waals surface area contributed by atoms with Crippen LogP contribution in [0.4, 0.5) is 0 Å². The van der Waals surface area contributed by atoms with E-state index in [1.807, 2.05) is 0 Å². The fourth-order valence-corrected chi connectivity index (χ4v) is 3.82. The van der Waals surface area contributed by atoms with Crippen LogP contribution in [0.25, 0.3) is 0 Å². The molecule has 0 aromatic carbocycles. The standard InChI is InChI=1S/C11H18O/c1-6-2-7-3-8-5-9(8)10(4-7)11(6)12/h6-12H,2-5H2,1H3. The van der Waals surface area contributed by atoms with Gasteiger partial charge in [0.25, 0.3) is 0 Å². The van der Waals surface area contributed by atoms with Gasteiger partial charge in [-0.3, -0.25) is 0 Å². The summed E-state index contributed by atoms with van der Waals surface area (Å²) >= 11 is 0. The predicted octanol–water partition coefficient (Wildman–Crippen LogP) is 2.05. The highest BCUT2D eigenvalue weighted by Crippen LogP contribution is 2.59. The van der Waals surface area contributed by atoms with Crippen LogP contribution in [0.3, 0.4) is 0 Å². The van der Waals surface area contributed by atoms with Crippen LogP contribution in [-0.2, 0) is 0 Å². The van der Waals surface area contributed by atoms with Crippen LogP contribution in [0.5, 0.6) is 0 Å². The van der Waals surface area contributed by atoms with Crippen molar-refractivity contribution in [1.82, 2.24) is 0 Å². The lowest BCUT2D eigenvalue weighted by Crippen LogP contribution is -2.39. The van der Waals surface area contributed by atoms with Crippen molar-refractivity contribution >= 4 is 0 Å². The zero-order valence-electron chi connectivity index (χ0n) is 7.74. The van der Waals surface area contributed by atoms with Crippen molar-refractivity contribution in [2.75, 3.05) is 0 Å². The number of aliphatic hydroxyl groups excluding tert-OH is 1. The van der Waals surface area contributed by atoms with Gasteiger partial charge in [0.15, 0.2) is 0 Å². The Labute approximate surface area is 74.2 Å². The third-order valence-electron chi connectivity index (χ3n) is 4.50. The highest BCUT2D eigenvalue weighted by Gasteiger charge is 2.53. The number of hydrogen-bond acceptors (Lipinski definition) is 1. The highest BCUT2D eigenvalue weighted by molar-refractivity contribution is 5.03. The van der Waals surface area contributed by atoms with Gasteiger partial charge in [-0.1, -0.05) is 6.92 Å². The van der Waals surface area contributed by atoms with E-state index in [2.05, 4.69) is 6.92 Å². The quantitative estimate of drug-likeness (QED) is 0.584. The summed E-state index contributed by atoms with van der Waals surface area (Å²) in [5.41, 5.74) is 0. The van der Waals surface area contributed by atoms with E-state index < -0.39 is 0 Å². The van der Waals surface area contributed by atoms with E-state index in [1.165, 1.54) is 25.7 Å². The summed E-state index contributed by atoms with van der Waals surface area (Å²) in [6, 6.07) is 0. The van der Waals surface area contributed by atoms with Gasteiger partial charge in [-0.15, -0.1) is 0 Å². The summed E-state index contributed by atoms with van der Waals surface area (Å²) in [4.78, 5) is 0. The number of fused-ring (bicyclic) bond motifs is 4. The van der Waals surface area contributed by atoms with Gasteiger partial charge in [-0.2, -0.15) is 0 Å². The Morgan fingerprint density at radius 2 is 1.83 bits per heavy atom. The van der Waals surface area contributed by atoms with E-state index in [9.17, 15) is 5.11 Å². The predicted molar refractivity (Wildman–Crippen MR) is 47.6 cm³/mol. The Bertz CT molecular complexity index is 201. The first-order valence-electron chi connectivity index (χ1n) is 5.43. The summed E-state index contributed by atoms with van der Waals surface area (Å²) in [7, 11) is 0. The molecule has 12 heavy (non-hydrogen) atoms. The van der Waals surface area contributed by atoms with Gasteiger partial charge in [0.1, 0.15) is 0 Å². The molecule has 68 valence electrons. The minimum absolute atomic E-state index is 0.0385. The van der Waals surface area contributed by atoms with Crippen LogP contribution in [-0.4, -0.2) is 11.2 Å². The largest absolute Gasteiger partial charge is 0.393 e. The summed E-state index contributed by atoms with van der Waals surface area (Å²) in [6.07, 6.45) is 5.59. The first-order valence-corrected chi connectivity index (χ1v) is 5.43. The number of aliphatic hydroxyl groups is 1. The molecule has 3 saturated carbocycles. The molecule has 6 unspecified atom stereocenters. The fourth-order valence-electron chi connectivity index (χ4n) is 3.82. The van der Waals surface area contributed by atoms with Crippen LogP contribution < -0.4 is 0 Å². The molecule has 2 bridgehead atoms. The smallest absolute Gasteiger partial charge is 0.0596 e. The van der Waals surface area contributed by atoms with E-state index in [-0.39, 0.29) is 6.10 Å². The lowest BCUT2D eigenvalue weighted by atomic mass is 9.67. The van der Waals surface area contributed by atoms with Gasteiger partial charge in [0.2, 0.25) is 0 Å². The van der Waals surface area contributed by atoms with E-state index in [4.69, 9.17) is 0 Å². The molecule has 6 atom stereocenters. The van der Waals surface area contributed by atoms with Crippen molar-refractivity contribution in [2.45, 2.75) is 38.7 Å². The highest BCUT2D eigenvalue weighted by atomic mass is 16.3. The van der Waals surface area contributed by atoms with Crippen molar-refractivity contribution in [1.29, 1.82) is 0 Å². The summed E-state index contributed by atoms with van der Waals surface area (Å²) in [5.74, 6) is 4.19. The lowest BCUT2D eigenvalue weighted by molar-refractivity contribution is -0.0249. The van der Waals surface area contributed by atoms with Crippen molar-refractivity contribution < 1.29 is 5.11 Å². The maximum Gasteiger partial charge on any atom is 0.0596 e. The fraction of sp³-hybridized carbons (Fsp3) is 1.00. The molecular weight excluding hydrogens is 148 g/mol. The Hall–Kier alpha value is -0.0400. The molecule has 3 fully saturated rings. The van der Waals surface area contributed by atoms with E-state index in [1.54, 1.807) is 0 Å². The summed E-state index contributed by atoms with van der Waals surface area (Å²) < 4.78 is 0. The van der Waals surface area contributed by atoms with Crippen molar-refractivity contribution in [3.63, 3.8) is 0 Å². The Balaban J connectivity index is 1.84. The molecule has 0 saturated heterocycles. The zero-order valence-corrected chi connectivity index (χ0v) is 7.74. The van der Waals surface area contributed by atoms with E-state index in [0.29, 0.717) is 11.8 Å². The summed E-state index contributed by atoms with van der Waals surface area (Å²) in [6.45, 7) is 2.23. The van der Waals surface area contributed by atoms with Gasteiger partial charge < -0.3 is 5.11 Å². The molecule has 0 amide bonds. The molecule has 1 nitrogen and oxygen atoms in total. The second-order valence-electron chi connectivity index (χ2n) is 5.36. The third-order valence-corrected chi connectivity index (χ3v) is 4.50. The van der Waals surface area contributed by atoms with E-state index in [0.717, 1.165) is 17.8 Å². The minimum Gasteiger partial charge on any atom is -0.393 e. The molecule has 0 radical (unpaired) electrons. The molecule has 0 aromatic heterocycles. The Kier molecular flexibility index (Phi) is 1.39. The molecular formula is C11H18O. The minimum atomic E-state index is 0.0385. The molecule has 0 spiro atoms. The first kappa shape index (κ1) is 7.37. The van der Waals surface area contributed by atoms with Gasteiger partial charge in [0.05, 0.1) is 6.10 Å². The third kappa shape index (κ3) is 0.891. The maximum atomic E-state index is 9.99. The number of rotatable bonds is 0. The topological polar surface area (TPSA) is 20.2 Å². The Morgan fingerprint density at radius 1 is 1.00 bits per heavy atom. The molecule has 1 heteroatoms. The molecule has 0 aromatic rings. The average molecular weight is 166 g/mol. The van der Waals surface area contributed by atoms with E-state index >= 15 is 0 Å². The SMILES string of the molecule is CC1CC2CC3CC3C(C2)C1O. The maximum absolute atomic E-state index is 9.99. The molecule has 0 heterocycles. The molecule has 0 aliphatic heterocycles. The second kappa shape index (κ2) is 2.25. The molecule has 3 rings (SSSR count). The van der Waals surface area contributed by atoms with Crippen LogP contribution in [0.2, 0.25) is 0 Å². The van der Waals surface area contributed by atoms with Crippen LogP contribution >= 0.6 is 0 Å². The number of hydrogen-bond donors (Lipinski definition) is 1. The molecule has 3 aliphatic rings. The lowest BCUT2D eigenvalue weighted by Gasteiger charge is -2.41. The first-order chi connectivity index (χ1) is 5.75. The van der Waals surface area contributed by atoms with Gasteiger partial charge in [-0.05, 0) is 55.3 Å². The van der Waals surface area contributed by atoms with Crippen LogP contribution in [0.1, 0.15) is 32.6 Å². The van der Waals surface area contributed by atoms with Crippen molar-refractivity contribution in [2.24, 2.45) is 29.6 Å². The molecule has 1 N–H and O–H groups in total. The van der Waals surface area contributed by atoms with Gasteiger partial charge in [-0.25, -0.2) is 0 Å². The Morgan fingerprint density at radius 3 is 2.67 bits per heavy atom. The molecule has 3 aliphatic carbocycles.